The Morgan fingerprint density at radius 1 is 0.879 bits per heavy atom. The lowest BCUT2D eigenvalue weighted by molar-refractivity contribution is 0.391. The van der Waals surface area contributed by atoms with Crippen molar-refractivity contribution in [1.82, 2.24) is 29.9 Å². The van der Waals surface area contributed by atoms with Gasteiger partial charge in [-0.3, -0.25) is 9.55 Å². The second-order valence-corrected chi connectivity index (χ2v) is 8.70. The zero-order chi connectivity index (χ0) is 22.8. The Balaban J connectivity index is 1.47. The summed E-state index contributed by atoms with van der Waals surface area (Å²) in [4.78, 5) is 8.71. The van der Waals surface area contributed by atoms with Crippen LogP contribution in [0.25, 0.3) is 28.5 Å². The molecule has 0 fully saturated rings. The molecule has 0 saturated carbocycles. The highest BCUT2D eigenvalue weighted by Crippen LogP contribution is 2.30. The van der Waals surface area contributed by atoms with Crippen LogP contribution in [-0.2, 0) is 5.75 Å². The molecule has 0 aliphatic carbocycles. The fourth-order valence-electron chi connectivity index (χ4n) is 3.52. The van der Waals surface area contributed by atoms with Gasteiger partial charge in [0.1, 0.15) is 0 Å². The number of aryl methyl sites for hydroxylation is 3. The van der Waals surface area contributed by atoms with Gasteiger partial charge in [0.25, 0.3) is 0 Å². The van der Waals surface area contributed by atoms with Crippen molar-refractivity contribution in [3.05, 3.63) is 89.6 Å². The average Bonchev–Trinajstić information content (AvgIpc) is 3.48. The highest BCUT2D eigenvalue weighted by atomic mass is 32.2. The fraction of sp³-hybridized carbons (Fsp3) is 0.160. The van der Waals surface area contributed by atoms with Gasteiger partial charge in [-0.2, -0.15) is 4.98 Å². The molecule has 0 bridgehead atoms. The van der Waals surface area contributed by atoms with Crippen LogP contribution >= 0.6 is 11.8 Å². The molecule has 5 rings (SSSR count). The Morgan fingerprint density at radius 2 is 1.70 bits per heavy atom. The second-order valence-electron chi connectivity index (χ2n) is 7.76. The molecule has 8 heteroatoms. The van der Waals surface area contributed by atoms with Crippen LogP contribution in [0.4, 0.5) is 0 Å². The molecule has 0 N–H and O–H groups in total. The van der Waals surface area contributed by atoms with Crippen LogP contribution in [0.1, 0.15) is 22.6 Å². The van der Waals surface area contributed by atoms with Crippen LogP contribution in [0.5, 0.6) is 0 Å². The van der Waals surface area contributed by atoms with Gasteiger partial charge in [0.2, 0.25) is 11.7 Å². The van der Waals surface area contributed by atoms with Crippen molar-refractivity contribution < 1.29 is 4.52 Å². The summed E-state index contributed by atoms with van der Waals surface area (Å²) < 4.78 is 7.58. The molecular formula is C25H22N6OS. The Bertz CT molecular complexity index is 1410. The van der Waals surface area contributed by atoms with Gasteiger partial charge in [-0.1, -0.05) is 47.3 Å². The van der Waals surface area contributed by atoms with Gasteiger partial charge in [-0.25, -0.2) is 0 Å². The maximum atomic E-state index is 5.52. The van der Waals surface area contributed by atoms with E-state index in [1.54, 1.807) is 12.4 Å². The van der Waals surface area contributed by atoms with E-state index >= 15 is 0 Å². The lowest BCUT2D eigenvalue weighted by atomic mass is 10.1. The number of pyridine rings is 1. The normalized spacial score (nSPS) is 11.1. The summed E-state index contributed by atoms with van der Waals surface area (Å²) >= 11 is 1.51. The van der Waals surface area contributed by atoms with Crippen molar-refractivity contribution in [2.45, 2.75) is 31.7 Å². The van der Waals surface area contributed by atoms with Gasteiger partial charge >= 0.3 is 0 Å². The van der Waals surface area contributed by atoms with Crippen molar-refractivity contribution >= 4 is 11.8 Å². The number of thioether (sulfide) groups is 1. The van der Waals surface area contributed by atoms with Crippen LogP contribution in [0, 0.1) is 20.8 Å². The van der Waals surface area contributed by atoms with E-state index in [1.165, 1.54) is 22.9 Å². The first-order valence-electron chi connectivity index (χ1n) is 10.5. The summed E-state index contributed by atoms with van der Waals surface area (Å²) in [5, 5.41) is 13.9. The largest absolute Gasteiger partial charge is 0.338 e. The van der Waals surface area contributed by atoms with Crippen LogP contribution in [0.15, 0.2) is 76.7 Å². The average molecular weight is 455 g/mol. The summed E-state index contributed by atoms with van der Waals surface area (Å²) in [6.45, 7) is 6.24. The first-order valence-corrected chi connectivity index (χ1v) is 11.5. The highest BCUT2D eigenvalue weighted by Gasteiger charge is 2.18. The summed E-state index contributed by atoms with van der Waals surface area (Å²) in [5.41, 5.74) is 6.47. The van der Waals surface area contributed by atoms with E-state index in [4.69, 9.17) is 4.52 Å². The van der Waals surface area contributed by atoms with Crippen molar-refractivity contribution in [3.63, 3.8) is 0 Å². The van der Waals surface area contributed by atoms with E-state index in [0.29, 0.717) is 17.5 Å². The minimum atomic E-state index is 0.484. The predicted octanol–water partition coefficient (Wildman–Crippen LogP) is 5.60. The number of hydrogen-bond donors (Lipinski definition) is 0. The zero-order valence-electron chi connectivity index (χ0n) is 18.6. The topological polar surface area (TPSA) is 82.5 Å². The van der Waals surface area contributed by atoms with Gasteiger partial charge in [0, 0.05) is 23.5 Å². The number of nitrogens with zero attached hydrogens (tertiary/aromatic N) is 6. The van der Waals surface area contributed by atoms with Crippen LogP contribution in [0.3, 0.4) is 0 Å². The summed E-state index contributed by atoms with van der Waals surface area (Å²) in [7, 11) is 0. The molecule has 0 saturated heterocycles. The second kappa shape index (κ2) is 8.99. The standard InChI is InChI=1S/C25H22N6OS/c1-16-8-9-20(14-18(16)3)31-24(19-10-12-26-13-11-19)28-29-25(31)33-15-22-27-23(30-32-22)21-7-5-4-6-17(21)2/h4-14H,15H2,1-3H3. The fourth-order valence-corrected chi connectivity index (χ4v) is 4.31. The first-order chi connectivity index (χ1) is 16.1. The van der Waals surface area contributed by atoms with Crippen LogP contribution in [-0.4, -0.2) is 29.9 Å². The third-order valence-corrected chi connectivity index (χ3v) is 6.41. The molecule has 0 aliphatic heterocycles. The SMILES string of the molecule is Cc1ccc(-n2c(SCc3nc(-c4ccccc4C)no3)nnc2-c2ccncc2)cc1C. The molecule has 0 aliphatic rings. The number of benzene rings is 2. The van der Waals surface area contributed by atoms with Crippen LogP contribution < -0.4 is 0 Å². The molecule has 3 heterocycles. The quantitative estimate of drug-likeness (QED) is 0.309. The van der Waals surface area contributed by atoms with Gasteiger partial charge in [0.15, 0.2) is 11.0 Å². The Kier molecular flexibility index (Phi) is 5.75. The number of rotatable bonds is 6. The smallest absolute Gasteiger partial charge is 0.237 e. The number of aromatic nitrogens is 6. The zero-order valence-corrected chi connectivity index (χ0v) is 19.4. The first kappa shape index (κ1) is 21.1. The van der Waals surface area contributed by atoms with E-state index in [2.05, 4.69) is 61.9 Å². The predicted molar refractivity (Wildman–Crippen MR) is 128 cm³/mol. The van der Waals surface area contributed by atoms with E-state index in [1.807, 2.05) is 43.3 Å². The highest BCUT2D eigenvalue weighted by molar-refractivity contribution is 7.98. The molecule has 0 unspecified atom stereocenters. The Labute approximate surface area is 195 Å². The molecule has 0 spiro atoms. The molecule has 3 aromatic heterocycles. The minimum Gasteiger partial charge on any atom is -0.338 e. The lowest BCUT2D eigenvalue weighted by Crippen LogP contribution is -2.01. The molecular weight excluding hydrogens is 432 g/mol. The van der Waals surface area contributed by atoms with E-state index in [9.17, 15) is 0 Å². The van der Waals surface area contributed by atoms with E-state index < -0.39 is 0 Å². The molecule has 0 radical (unpaired) electrons. The molecule has 0 atom stereocenters. The Morgan fingerprint density at radius 3 is 2.48 bits per heavy atom. The molecule has 7 nitrogen and oxygen atoms in total. The van der Waals surface area contributed by atoms with Gasteiger partial charge in [-0.05, 0) is 61.7 Å². The van der Waals surface area contributed by atoms with Crippen molar-refractivity contribution in [3.8, 4) is 28.5 Å². The maximum Gasteiger partial charge on any atom is 0.237 e. The summed E-state index contributed by atoms with van der Waals surface area (Å²) in [6, 6.07) is 18.2. The van der Waals surface area contributed by atoms with Gasteiger partial charge in [0.05, 0.1) is 11.4 Å². The lowest BCUT2D eigenvalue weighted by Gasteiger charge is -2.11. The molecule has 0 amide bonds. The van der Waals surface area contributed by atoms with Crippen LogP contribution in [0.2, 0.25) is 0 Å². The van der Waals surface area contributed by atoms with Crippen molar-refractivity contribution in [2.24, 2.45) is 0 Å². The third-order valence-electron chi connectivity index (χ3n) is 5.50. The molecule has 33 heavy (non-hydrogen) atoms. The van der Waals surface area contributed by atoms with Gasteiger partial charge < -0.3 is 4.52 Å². The monoisotopic (exact) mass is 454 g/mol. The van der Waals surface area contributed by atoms with Gasteiger partial charge in [-0.15, -0.1) is 10.2 Å². The minimum absolute atomic E-state index is 0.484. The van der Waals surface area contributed by atoms with E-state index in [-0.39, 0.29) is 0 Å². The Hall–Kier alpha value is -3.78. The molecule has 2 aromatic carbocycles. The maximum absolute atomic E-state index is 5.52. The number of hydrogen-bond acceptors (Lipinski definition) is 7. The summed E-state index contributed by atoms with van der Waals surface area (Å²) in [6.07, 6.45) is 3.51. The van der Waals surface area contributed by atoms with E-state index in [0.717, 1.165) is 33.4 Å². The molecule has 5 aromatic rings. The summed E-state index contributed by atoms with van der Waals surface area (Å²) in [5.74, 6) is 2.38. The van der Waals surface area contributed by atoms with Crippen molar-refractivity contribution in [2.75, 3.05) is 0 Å². The molecule has 164 valence electrons. The third kappa shape index (κ3) is 4.29. The van der Waals surface area contributed by atoms with Crippen molar-refractivity contribution in [1.29, 1.82) is 0 Å².